The van der Waals surface area contributed by atoms with E-state index < -0.39 is 0 Å². The van der Waals surface area contributed by atoms with Gasteiger partial charge in [-0.1, -0.05) is 23.2 Å². The van der Waals surface area contributed by atoms with Gasteiger partial charge in [-0.25, -0.2) is 0 Å². The highest BCUT2D eigenvalue weighted by molar-refractivity contribution is 6.35. The zero-order chi connectivity index (χ0) is 16.7. The first-order valence-corrected chi connectivity index (χ1v) is 7.81. The molecule has 0 aliphatic carbocycles. The number of carbonyl (C=O) groups is 1. The van der Waals surface area contributed by atoms with Gasteiger partial charge >= 0.3 is 0 Å². The molecule has 5 nitrogen and oxygen atoms in total. The van der Waals surface area contributed by atoms with Crippen molar-refractivity contribution in [3.63, 3.8) is 0 Å². The van der Waals surface area contributed by atoms with Gasteiger partial charge in [0.25, 0.3) is 5.91 Å². The normalized spacial score (nSPS) is 10.4. The molecule has 0 spiro atoms. The van der Waals surface area contributed by atoms with Crippen LogP contribution in [-0.2, 0) is 4.74 Å². The maximum absolute atomic E-state index is 12.3. The molecule has 0 bridgehead atoms. The summed E-state index contributed by atoms with van der Waals surface area (Å²) in [4.78, 5) is 16.4. The van der Waals surface area contributed by atoms with Gasteiger partial charge in [-0.3, -0.25) is 9.78 Å². The third kappa shape index (κ3) is 5.39. The van der Waals surface area contributed by atoms with Gasteiger partial charge in [-0.05, 0) is 36.8 Å². The monoisotopic (exact) mass is 353 g/mol. The number of methoxy groups -OCH3 is 1. The van der Waals surface area contributed by atoms with Crippen LogP contribution < -0.4 is 10.6 Å². The summed E-state index contributed by atoms with van der Waals surface area (Å²) in [5, 5.41) is 6.82. The summed E-state index contributed by atoms with van der Waals surface area (Å²) < 4.78 is 4.99. The van der Waals surface area contributed by atoms with Crippen LogP contribution in [0.25, 0.3) is 0 Å². The predicted octanol–water partition coefficient (Wildman–Crippen LogP) is 4.09. The molecule has 1 aromatic heterocycles. The third-order valence-corrected chi connectivity index (χ3v) is 3.59. The van der Waals surface area contributed by atoms with Crippen LogP contribution in [0.15, 0.2) is 36.5 Å². The zero-order valence-electron chi connectivity index (χ0n) is 12.6. The van der Waals surface area contributed by atoms with Crippen LogP contribution in [0.4, 0.5) is 11.4 Å². The average molecular weight is 354 g/mol. The molecule has 2 N–H and O–H groups in total. The molecule has 2 aromatic rings. The quantitative estimate of drug-likeness (QED) is 0.735. The first kappa shape index (κ1) is 17.5. The minimum absolute atomic E-state index is 0.290. The molecule has 1 aromatic carbocycles. The van der Waals surface area contributed by atoms with Crippen molar-refractivity contribution < 1.29 is 9.53 Å². The van der Waals surface area contributed by atoms with Crippen LogP contribution in [0.5, 0.6) is 0 Å². The summed E-state index contributed by atoms with van der Waals surface area (Å²) in [6.07, 6.45) is 2.45. The van der Waals surface area contributed by atoms with Gasteiger partial charge in [0.05, 0.1) is 10.7 Å². The number of hydrogen-bond acceptors (Lipinski definition) is 4. The van der Waals surface area contributed by atoms with E-state index in [9.17, 15) is 4.79 Å². The number of hydrogen-bond donors (Lipinski definition) is 2. The Bertz CT molecular complexity index is 680. The topological polar surface area (TPSA) is 63.2 Å². The average Bonchev–Trinajstić information content (AvgIpc) is 2.55. The van der Waals surface area contributed by atoms with Crippen molar-refractivity contribution in [1.82, 2.24) is 4.98 Å². The number of nitrogens with one attached hydrogen (secondary N) is 2. The molecule has 0 aliphatic rings. The highest BCUT2D eigenvalue weighted by Gasteiger charge is 2.11. The van der Waals surface area contributed by atoms with Crippen LogP contribution in [0.2, 0.25) is 10.0 Å². The Morgan fingerprint density at radius 1 is 1.26 bits per heavy atom. The van der Waals surface area contributed by atoms with Crippen molar-refractivity contribution in [3.8, 4) is 0 Å². The molecule has 0 radical (unpaired) electrons. The minimum atomic E-state index is -0.352. The van der Waals surface area contributed by atoms with Crippen molar-refractivity contribution in [2.45, 2.75) is 6.42 Å². The standard InChI is InChI=1S/C16H17Cl2N3O2/c1-23-8-2-6-19-12-5-7-20-15(10-12)16(22)21-14-9-11(17)3-4-13(14)18/h3-5,7,9-10H,2,6,8H2,1H3,(H,19,20)(H,21,22). The Morgan fingerprint density at radius 3 is 2.87 bits per heavy atom. The van der Waals surface area contributed by atoms with Gasteiger partial charge in [-0.15, -0.1) is 0 Å². The lowest BCUT2D eigenvalue weighted by atomic mass is 10.2. The number of benzene rings is 1. The number of halogens is 2. The van der Waals surface area contributed by atoms with Crippen LogP contribution in [0.1, 0.15) is 16.9 Å². The number of ether oxygens (including phenoxy) is 1. The smallest absolute Gasteiger partial charge is 0.274 e. The molecule has 23 heavy (non-hydrogen) atoms. The number of rotatable bonds is 7. The summed E-state index contributed by atoms with van der Waals surface area (Å²) >= 11 is 11.9. The summed E-state index contributed by atoms with van der Waals surface area (Å²) in [6.45, 7) is 1.43. The molecule has 7 heteroatoms. The molecule has 1 amide bonds. The lowest BCUT2D eigenvalue weighted by Crippen LogP contribution is -2.14. The second kappa shape index (κ2) is 8.72. The minimum Gasteiger partial charge on any atom is -0.385 e. The van der Waals surface area contributed by atoms with E-state index in [1.807, 2.05) is 0 Å². The molecule has 0 fully saturated rings. The molecule has 0 atom stereocenters. The van der Waals surface area contributed by atoms with Gasteiger partial charge in [0, 0.05) is 37.2 Å². The first-order valence-electron chi connectivity index (χ1n) is 7.05. The van der Waals surface area contributed by atoms with Crippen LogP contribution >= 0.6 is 23.2 Å². The summed E-state index contributed by atoms with van der Waals surface area (Å²) in [5.74, 6) is -0.352. The fourth-order valence-corrected chi connectivity index (χ4v) is 2.23. The second-order valence-corrected chi connectivity index (χ2v) is 5.62. The van der Waals surface area contributed by atoms with Gasteiger partial charge in [0.2, 0.25) is 0 Å². The van der Waals surface area contributed by atoms with Crippen LogP contribution in [0, 0.1) is 0 Å². The fourth-order valence-electron chi connectivity index (χ4n) is 1.89. The highest BCUT2D eigenvalue weighted by atomic mass is 35.5. The van der Waals surface area contributed by atoms with E-state index in [0.29, 0.717) is 22.3 Å². The van der Waals surface area contributed by atoms with Crippen molar-refractivity contribution in [2.75, 3.05) is 30.9 Å². The Labute approximate surface area is 145 Å². The van der Waals surface area contributed by atoms with E-state index in [1.54, 1.807) is 43.6 Å². The molecule has 122 valence electrons. The van der Waals surface area contributed by atoms with E-state index in [-0.39, 0.29) is 11.6 Å². The van der Waals surface area contributed by atoms with Crippen molar-refractivity contribution >= 4 is 40.5 Å². The van der Waals surface area contributed by atoms with E-state index >= 15 is 0 Å². The summed E-state index contributed by atoms with van der Waals surface area (Å²) in [7, 11) is 1.66. The lowest BCUT2D eigenvalue weighted by molar-refractivity contribution is 0.102. The molecular weight excluding hydrogens is 337 g/mol. The second-order valence-electron chi connectivity index (χ2n) is 4.78. The van der Waals surface area contributed by atoms with Gasteiger partial charge in [0.15, 0.2) is 0 Å². The van der Waals surface area contributed by atoms with Gasteiger partial charge in [0.1, 0.15) is 5.69 Å². The first-order chi connectivity index (χ1) is 11.1. The van der Waals surface area contributed by atoms with Gasteiger partial charge in [-0.2, -0.15) is 0 Å². The molecule has 1 heterocycles. The van der Waals surface area contributed by atoms with Crippen molar-refractivity contribution in [1.29, 1.82) is 0 Å². The number of anilines is 2. The third-order valence-electron chi connectivity index (χ3n) is 3.02. The van der Waals surface area contributed by atoms with E-state index in [2.05, 4.69) is 15.6 Å². The number of aromatic nitrogens is 1. The molecule has 0 saturated carbocycles. The van der Waals surface area contributed by atoms with Crippen molar-refractivity contribution in [3.05, 3.63) is 52.3 Å². The highest BCUT2D eigenvalue weighted by Crippen LogP contribution is 2.25. The molecular formula is C16H17Cl2N3O2. The van der Waals surface area contributed by atoms with E-state index in [1.165, 1.54) is 0 Å². The number of nitrogens with zero attached hydrogens (tertiary/aromatic N) is 1. The van der Waals surface area contributed by atoms with Crippen LogP contribution in [0.3, 0.4) is 0 Å². The Morgan fingerprint density at radius 2 is 2.09 bits per heavy atom. The van der Waals surface area contributed by atoms with Gasteiger partial charge < -0.3 is 15.4 Å². The number of carbonyl (C=O) groups excluding carboxylic acids is 1. The molecule has 2 rings (SSSR count). The zero-order valence-corrected chi connectivity index (χ0v) is 14.1. The summed E-state index contributed by atoms with van der Waals surface area (Å²) in [5.41, 5.74) is 1.56. The van der Waals surface area contributed by atoms with E-state index in [0.717, 1.165) is 18.7 Å². The Balaban J connectivity index is 2.03. The number of pyridine rings is 1. The molecule has 0 saturated heterocycles. The lowest BCUT2D eigenvalue weighted by Gasteiger charge is -2.09. The Hall–Kier alpha value is -1.82. The Kier molecular flexibility index (Phi) is 6.65. The van der Waals surface area contributed by atoms with Crippen LogP contribution in [-0.4, -0.2) is 31.2 Å². The van der Waals surface area contributed by atoms with E-state index in [4.69, 9.17) is 27.9 Å². The SMILES string of the molecule is COCCCNc1ccnc(C(=O)Nc2cc(Cl)ccc2Cl)c1. The molecule has 0 unspecified atom stereocenters. The molecule has 0 aliphatic heterocycles. The predicted molar refractivity (Wildman–Crippen MR) is 93.6 cm³/mol. The number of amides is 1. The largest absolute Gasteiger partial charge is 0.385 e. The van der Waals surface area contributed by atoms with Crippen molar-refractivity contribution in [2.24, 2.45) is 0 Å². The maximum Gasteiger partial charge on any atom is 0.274 e. The maximum atomic E-state index is 12.3. The fraction of sp³-hybridized carbons (Fsp3) is 0.250. The summed E-state index contributed by atoms with van der Waals surface area (Å²) in [6, 6.07) is 8.36.